The average Bonchev–Trinajstić information content (AvgIpc) is 2.34. The van der Waals surface area contributed by atoms with Crippen molar-refractivity contribution < 1.29 is 0 Å². The number of nitrogens with zero attached hydrogens (tertiary/aromatic N) is 3. The summed E-state index contributed by atoms with van der Waals surface area (Å²) in [6, 6.07) is 0.143. The first-order valence-electron chi connectivity index (χ1n) is 6.99. The van der Waals surface area contributed by atoms with E-state index < -0.39 is 0 Å². The Kier molecular flexibility index (Phi) is 6.02. The fourth-order valence-electron chi connectivity index (χ4n) is 2.04. The van der Waals surface area contributed by atoms with Crippen molar-refractivity contribution in [2.45, 2.75) is 40.2 Å². The second kappa shape index (κ2) is 7.28. The van der Waals surface area contributed by atoms with Gasteiger partial charge in [0.15, 0.2) is 5.82 Å². The van der Waals surface area contributed by atoms with Crippen molar-refractivity contribution in [1.82, 2.24) is 9.55 Å². The largest absolute Gasteiger partial charge is 0.352 e. The van der Waals surface area contributed by atoms with Gasteiger partial charge in [-0.25, -0.2) is 4.98 Å². The van der Waals surface area contributed by atoms with E-state index in [0.29, 0.717) is 18.3 Å². The van der Waals surface area contributed by atoms with Gasteiger partial charge in [0.05, 0.1) is 0 Å². The number of hydrogen-bond donors (Lipinski definition) is 1. The van der Waals surface area contributed by atoms with Gasteiger partial charge in [0.25, 0.3) is 5.56 Å². The number of aromatic nitrogens is 2. The highest BCUT2D eigenvalue weighted by Crippen LogP contribution is 2.10. The van der Waals surface area contributed by atoms with Gasteiger partial charge in [0.1, 0.15) is 0 Å². The highest BCUT2D eigenvalue weighted by Gasteiger charge is 2.15. The Labute approximate surface area is 115 Å². The van der Waals surface area contributed by atoms with Crippen molar-refractivity contribution in [1.29, 1.82) is 0 Å². The van der Waals surface area contributed by atoms with E-state index in [1.807, 2.05) is 13.8 Å². The second-order valence-electron chi connectivity index (χ2n) is 5.54. The Balaban J connectivity index is 3.07. The van der Waals surface area contributed by atoms with Crippen LogP contribution in [0.1, 0.15) is 40.2 Å². The number of rotatable bonds is 7. The van der Waals surface area contributed by atoms with Crippen LogP contribution in [-0.4, -0.2) is 29.2 Å². The quantitative estimate of drug-likeness (QED) is 0.815. The zero-order valence-corrected chi connectivity index (χ0v) is 12.5. The Morgan fingerprint density at radius 1 is 1.37 bits per heavy atom. The average molecular weight is 266 g/mol. The molecule has 1 heterocycles. The highest BCUT2D eigenvalue weighted by molar-refractivity contribution is 5.35. The van der Waals surface area contributed by atoms with Gasteiger partial charge in [-0.3, -0.25) is 4.79 Å². The number of anilines is 1. The molecule has 5 nitrogen and oxygen atoms in total. The first-order valence-corrected chi connectivity index (χ1v) is 6.99. The third-order valence-electron chi connectivity index (χ3n) is 2.92. The molecule has 0 unspecified atom stereocenters. The summed E-state index contributed by atoms with van der Waals surface area (Å²) >= 11 is 0. The van der Waals surface area contributed by atoms with Gasteiger partial charge in [-0.15, -0.1) is 0 Å². The van der Waals surface area contributed by atoms with Crippen LogP contribution in [-0.2, 0) is 0 Å². The summed E-state index contributed by atoms with van der Waals surface area (Å²) in [5.74, 6) is 1.02. The van der Waals surface area contributed by atoms with Gasteiger partial charge in [-0.1, -0.05) is 13.8 Å². The predicted octanol–water partition coefficient (Wildman–Crippen LogP) is 1.64. The van der Waals surface area contributed by atoms with Crippen LogP contribution in [0.25, 0.3) is 0 Å². The molecule has 0 amide bonds. The summed E-state index contributed by atoms with van der Waals surface area (Å²) in [6.45, 7) is 10.5. The van der Waals surface area contributed by atoms with Crippen LogP contribution in [0.4, 0.5) is 5.82 Å². The minimum atomic E-state index is -0.0184. The molecule has 2 N–H and O–H groups in total. The smallest absolute Gasteiger partial charge is 0.293 e. The van der Waals surface area contributed by atoms with Gasteiger partial charge in [-0.05, 0) is 32.7 Å². The van der Waals surface area contributed by atoms with E-state index in [4.69, 9.17) is 5.73 Å². The Bertz CT molecular complexity index is 439. The Hall–Kier alpha value is -1.36. The molecule has 0 bridgehead atoms. The third kappa shape index (κ3) is 4.35. The van der Waals surface area contributed by atoms with Crippen LogP contribution in [0.5, 0.6) is 0 Å². The van der Waals surface area contributed by atoms with E-state index in [2.05, 4.69) is 23.7 Å². The molecule has 0 saturated carbocycles. The summed E-state index contributed by atoms with van der Waals surface area (Å²) in [6.07, 6.45) is 4.31. The molecule has 0 aliphatic heterocycles. The van der Waals surface area contributed by atoms with E-state index in [0.717, 1.165) is 19.5 Å². The molecule has 0 aliphatic rings. The molecule has 0 spiro atoms. The maximum Gasteiger partial charge on any atom is 0.293 e. The summed E-state index contributed by atoms with van der Waals surface area (Å²) in [5, 5.41) is 0. The molecule has 0 radical (unpaired) electrons. The molecule has 5 heteroatoms. The van der Waals surface area contributed by atoms with Crippen LogP contribution in [0, 0.1) is 5.92 Å². The van der Waals surface area contributed by atoms with Crippen LogP contribution in [0.15, 0.2) is 17.2 Å². The van der Waals surface area contributed by atoms with E-state index >= 15 is 0 Å². The Morgan fingerprint density at radius 2 is 2.05 bits per heavy atom. The van der Waals surface area contributed by atoms with E-state index in [1.54, 1.807) is 17.0 Å². The zero-order chi connectivity index (χ0) is 14.4. The summed E-state index contributed by atoms with van der Waals surface area (Å²) < 4.78 is 1.72. The lowest BCUT2D eigenvalue weighted by molar-refractivity contribution is 0.557. The first kappa shape index (κ1) is 15.7. The fraction of sp³-hybridized carbons (Fsp3) is 0.714. The van der Waals surface area contributed by atoms with Gasteiger partial charge in [0.2, 0.25) is 0 Å². The third-order valence-corrected chi connectivity index (χ3v) is 2.92. The standard InChI is InChI=1S/C14H26N4O/c1-11(2)10-17(8-5-6-15)13-14(19)18(12(3)4)9-7-16-13/h7,9,11-12H,5-6,8,10,15H2,1-4H3. The molecule has 0 fully saturated rings. The van der Waals surface area contributed by atoms with Crippen molar-refractivity contribution >= 4 is 5.82 Å². The summed E-state index contributed by atoms with van der Waals surface area (Å²) in [4.78, 5) is 18.8. The maximum absolute atomic E-state index is 12.4. The molecule has 19 heavy (non-hydrogen) atoms. The lowest BCUT2D eigenvalue weighted by atomic mass is 10.2. The van der Waals surface area contributed by atoms with Gasteiger partial charge < -0.3 is 15.2 Å². The number of hydrogen-bond acceptors (Lipinski definition) is 4. The summed E-state index contributed by atoms with van der Waals surface area (Å²) in [7, 11) is 0. The minimum Gasteiger partial charge on any atom is -0.352 e. The van der Waals surface area contributed by atoms with Gasteiger partial charge >= 0.3 is 0 Å². The first-order chi connectivity index (χ1) is 8.97. The molecular weight excluding hydrogens is 240 g/mol. The van der Waals surface area contributed by atoms with Crippen molar-refractivity contribution in [3.05, 3.63) is 22.7 Å². The molecule has 0 atom stereocenters. The van der Waals surface area contributed by atoms with Gasteiger partial charge in [-0.2, -0.15) is 0 Å². The number of nitrogens with two attached hydrogens (primary N) is 1. The Morgan fingerprint density at radius 3 is 2.58 bits per heavy atom. The van der Waals surface area contributed by atoms with Crippen molar-refractivity contribution in [3.8, 4) is 0 Å². The topological polar surface area (TPSA) is 64.2 Å². The molecule has 0 aromatic carbocycles. The van der Waals surface area contributed by atoms with Crippen LogP contribution in [0.2, 0.25) is 0 Å². The highest BCUT2D eigenvalue weighted by atomic mass is 16.1. The molecule has 1 aromatic rings. The van der Waals surface area contributed by atoms with Gasteiger partial charge in [0, 0.05) is 31.5 Å². The molecule has 0 saturated heterocycles. The molecular formula is C14H26N4O. The molecule has 0 aliphatic carbocycles. The molecule has 1 rings (SSSR count). The predicted molar refractivity (Wildman–Crippen MR) is 79.6 cm³/mol. The van der Waals surface area contributed by atoms with Crippen LogP contribution in [0.3, 0.4) is 0 Å². The minimum absolute atomic E-state index is 0.0184. The van der Waals surface area contributed by atoms with Crippen LogP contribution >= 0.6 is 0 Å². The van der Waals surface area contributed by atoms with Crippen LogP contribution < -0.4 is 16.2 Å². The SMILES string of the molecule is CC(C)CN(CCCN)c1nccn(C(C)C)c1=O. The summed E-state index contributed by atoms with van der Waals surface area (Å²) in [5.41, 5.74) is 5.55. The van der Waals surface area contributed by atoms with Crippen molar-refractivity contribution in [2.24, 2.45) is 11.7 Å². The normalized spacial score (nSPS) is 11.3. The van der Waals surface area contributed by atoms with E-state index in [-0.39, 0.29) is 11.6 Å². The lowest BCUT2D eigenvalue weighted by Gasteiger charge is -2.25. The second-order valence-corrected chi connectivity index (χ2v) is 5.54. The maximum atomic E-state index is 12.4. The van der Waals surface area contributed by atoms with E-state index in [1.165, 1.54) is 0 Å². The fourth-order valence-corrected chi connectivity index (χ4v) is 2.04. The molecule has 1 aromatic heterocycles. The lowest BCUT2D eigenvalue weighted by Crippen LogP contribution is -2.37. The molecule has 108 valence electrons. The van der Waals surface area contributed by atoms with Crippen molar-refractivity contribution in [2.75, 3.05) is 24.5 Å². The monoisotopic (exact) mass is 266 g/mol. The van der Waals surface area contributed by atoms with Crippen molar-refractivity contribution in [3.63, 3.8) is 0 Å². The van der Waals surface area contributed by atoms with E-state index in [9.17, 15) is 4.79 Å². The zero-order valence-electron chi connectivity index (χ0n) is 12.5.